The van der Waals surface area contributed by atoms with Crippen LogP contribution in [-0.4, -0.2) is 26.3 Å². The third kappa shape index (κ3) is 1.87. The second-order valence-electron chi connectivity index (χ2n) is 2.76. The number of thioether (sulfide) groups is 1. The fraction of sp³-hybridized carbons (Fsp3) is 0.375. The lowest BCUT2D eigenvalue weighted by molar-refractivity contribution is 0.0751. The van der Waals surface area contributed by atoms with Crippen molar-refractivity contribution in [2.24, 2.45) is 0 Å². The number of rotatable bonds is 2. The molecule has 1 saturated heterocycles. The van der Waals surface area contributed by atoms with Gasteiger partial charge in [-0.05, 0) is 12.1 Å². The third-order valence-electron chi connectivity index (χ3n) is 1.86. The maximum absolute atomic E-state index is 9.53. The number of nitrogens with zero attached hydrogens (tertiary/aromatic N) is 1. The molecule has 0 saturated carbocycles. The zero-order valence-corrected chi connectivity index (χ0v) is 8.48. The zero-order valence-electron chi connectivity index (χ0n) is 6.84. The Bertz CT molecular complexity index is 299. The molecule has 2 heterocycles. The smallest absolute Gasteiger partial charge is 0.138 e. The summed E-state index contributed by atoms with van der Waals surface area (Å²) in [6.45, 7) is 0.556. The Balaban J connectivity index is 2.05. The quantitative estimate of drug-likeness (QED) is 0.755. The number of aliphatic hydroxyl groups excluding tert-OH is 1. The van der Waals surface area contributed by atoms with E-state index in [1.165, 1.54) is 11.8 Å². The SMILES string of the molecule is O[C@H]1CSC(=S)N1Cc1ccco1. The van der Waals surface area contributed by atoms with Gasteiger partial charge in [0.25, 0.3) is 0 Å². The van der Waals surface area contributed by atoms with Gasteiger partial charge in [0.15, 0.2) is 0 Å². The summed E-state index contributed by atoms with van der Waals surface area (Å²) in [6, 6.07) is 3.70. The second-order valence-corrected chi connectivity index (χ2v) is 4.42. The summed E-state index contributed by atoms with van der Waals surface area (Å²) in [5.41, 5.74) is 0. The lowest BCUT2D eigenvalue weighted by Crippen LogP contribution is -2.31. The number of furan rings is 1. The van der Waals surface area contributed by atoms with Gasteiger partial charge >= 0.3 is 0 Å². The van der Waals surface area contributed by atoms with Crippen molar-refractivity contribution in [1.82, 2.24) is 4.90 Å². The van der Waals surface area contributed by atoms with E-state index in [-0.39, 0.29) is 0 Å². The molecule has 1 fully saturated rings. The van der Waals surface area contributed by atoms with Crippen LogP contribution in [-0.2, 0) is 6.54 Å². The first kappa shape index (κ1) is 9.05. The molecule has 0 bridgehead atoms. The molecule has 13 heavy (non-hydrogen) atoms. The fourth-order valence-electron chi connectivity index (χ4n) is 1.18. The van der Waals surface area contributed by atoms with E-state index < -0.39 is 6.23 Å². The van der Waals surface area contributed by atoms with Gasteiger partial charge in [0.1, 0.15) is 16.3 Å². The molecular weight excluding hydrogens is 206 g/mol. The van der Waals surface area contributed by atoms with Crippen molar-refractivity contribution in [3.05, 3.63) is 24.2 Å². The average molecular weight is 215 g/mol. The molecule has 1 aromatic rings. The topological polar surface area (TPSA) is 36.6 Å². The van der Waals surface area contributed by atoms with E-state index >= 15 is 0 Å². The highest BCUT2D eigenvalue weighted by molar-refractivity contribution is 8.23. The molecule has 0 aromatic carbocycles. The summed E-state index contributed by atoms with van der Waals surface area (Å²) in [7, 11) is 0. The molecular formula is C8H9NO2S2. The maximum Gasteiger partial charge on any atom is 0.138 e. The highest BCUT2D eigenvalue weighted by atomic mass is 32.2. The van der Waals surface area contributed by atoms with Gasteiger partial charge in [-0.3, -0.25) is 0 Å². The first-order chi connectivity index (χ1) is 6.27. The maximum atomic E-state index is 9.53. The highest BCUT2D eigenvalue weighted by Crippen LogP contribution is 2.24. The fourth-order valence-corrected chi connectivity index (χ4v) is 2.39. The van der Waals surface area contributed by atoms with E-state index in [1.54, 1.807) is 11.2 Å². The first-order valence-corrected chi connectivity index (χ1v) is 5.30. The average Bonchev–Trinajstić information content (AvgIpc) is 2.70. The Morgan fingerprint density at radius 3 is 3.15 bits per heavy atom. The molecule has 5 heteroatoms. The van der Waals surface area contributed by atoms with Crippen molar-refractivity contribution in [3.8, 4) is 0 Å². The second kappa shape index (κ2) is 3.69. The van der Waals surface area contributed by atoms with Crippen LogP contribution in [0, 0.1) is 0 Å². The van der Waals surface area contributed by atoms with Crippen molar-refractivity contribution in [2.45, 2.75) is 12.8 Å². The van der Waals surface area contributed by atoms with Crippen LogP contribution in [0.1, 0.15) is 5.76 Å². The number of thiocarbonyl (C=S) groups is 1. The largest absolute Gasteiger partial charge is 0.467 e. The Morgan fingerprint density at radius 2 is 2.62 bits per heavy atom. The molecule has 1 N–H and O–H groups in total. The lowest BCUT2D eigenvalue weighted by atomic mass is 10.4. The molecule has 0 radical (unpaired) electrons. The van der Waals surface area contributed by atoms with Gasteiger partial charge in [-0.2, -0.15) is 0 Å². The third-order valence-corrected chi connectivity index (χ3v) is 3.39. The van der Waals surface area contributed by atoms with E-state index in [1.807, 2.05) is 12.1 Å². The molecule has 1 aliphatic rings. The molecule has 70 valence electrons. The minimum Gasteiger partial charge on any atom is -0.467 e. The van der Waals surface area contributed by atoms with Crippen LogP contribution in [0.15, 0.2) is 22.8 Å². The number of aliphatic hydroxyl groups is 1. The molecule has 0 spiro atoms. The zero-order chi connectivity index (χ0) is 9.26. The Hall–Kier alpha value is -0.520. The van der Waals surface area contributed by atoms with Gasteiger partial charge < -0.3 is 14.4 Å². The number of hydrogen-bond donors (Lipinski definition) is 1. The summed E-state index contributed by atoms with van der Waals surface area (Å²) in [6.07, 6.45) is 1.15. The molecule has 0 unspecified atom stereocenters. The van der Waals surface area contributed by atoms with Gasteiger partial charge in [0.2, 0.25) is 0 Å². The van der Waals surface area contributed by atoms with Crippen LogP contribution in [0.2, 0.25) is 0 Å². The van der Waals surface area contributed by atoms with E-state index in [0.717, 1.165) is 10.1 Å². The van der Waals surface area contributed by atoms with Crippen LogP contribution < -0.4 is 0 Å². The monoisotopic (exact) mass is 215 g/mol. The Labute approximate surface area is 85.7 Å². The van der Waals surface area contributed by atoms with Crippen LogP contribution in [0.4, 0.5) is 0 Å². The normalized spacial score (nSPS) is 22.7. The summed E-state index contributed by atoms with van der Waals surface area (Å²) in [5.74, 6) is 1.48. The van der Waals surface area contributed by atoms with Crippen molar-refractivity contribution >= 4 is 28.3 Å². The lowest BCUT2D eigenvalue weighted by Gasteiger charge is -2.19. The van der Waals surface area contributed by atoms with Crippen LogP contribution in [0.3, 0.4) is 0 Å². The van der Waals surface area contributed by atoms with Crippen molar-refractivity contribution in [1.29, 1.82) is 0 Å². The standard InChI is InChI=1S/C8H9NO2S2/c10-7-5-13-8(12)9(7)4-6-2-1-3-11-6/h1-3,7,10H,4-5H2/t7-/m0/s1. The summed E-state index contributed by atoms with van der Waals surface area (Å²) in [4.78, 5) is 1.76. The van der Waals surface area contributed by atoms with Crippen molar-refractivity contribution in [3.63, 3.8) is 0 Å². The van der Waals surface area contributed by atoms with Gasteiger partial charge in [-0.25, -0.2) is 0 Å². The van der Waals surface area contributed by atoms with E-state index in [2.05, 4.69) is 0 Å². The van der Waals surface area contributed by atoms with Crippen LogP contribution in [0.5, 0.6) is 0 Å². The number of hydrogen-bond acceptors (Lipinski definition) is 4. The minimum absolute atomic E-state index is 0.470. The van der Waals surface area contributed by atoms with Crippen LogP contribution >= 0.6 is 24.0 Å². The summed E-state index contributed by atoms with van der Waals surface area (Å²) in [5, 5.41) is 9.53. The molecule has 0 aliphatic carbocycles. The summed E-state index contributed by atoms with van der Waals surface area (Å²) < 4.78 is 5.91. The van der Waals surface area contributed by atoms with Gasteiger partial charge in [0.05, 0.1) is 12.8 Å². The Kier molecular flexibility index (Phi) is 2.57. The van der Waals surface area contributed by atoms with Crippen molar-refractivity contribution in [2.75, 3.05) is 5.75 Å². The molecule has 1 atom stereocenters. The van der Waals surface area contributed by atoms with E-state index in [4.69, 9.17) is 16.6 Å². The van der Waals surface area contributed by atoms with Crippen molar-refractivity contribution < 1.29 is 9.52 Å². The van der Waals surface area contributed by atoms with Crippen LogP contribution in [0.25, 0.3) is 0 Å². The molecule has 1 aromatic heterocycles. The van der Waals surface area contributed by atoms with E-state index in [0.29, 0.717) is 12.3 Å². The molecule has 2 rings (SSSR count). The molecule has 3 nitrogen and oxygen atoms in total. The van der Waals surface area contributed by atoms with Gasteiger partial charge in [0, 0.05) is 5.75 Å². The van der Waals surface area contributed by atoms with Gasteiger partial charge in [-0.15, -0.1) is 0 Å². The van der Waals surface area contributed by atoms with Gasteiger partial charge in [-0.1, -0.05) is 24.0 Å². The molecule has 0 amide bonds. The first-order valence-electron chi connectivity index (χ1n) is 3.91. The predicted octanol–water partition coefficient (Wildman–Crippen LogP) is 1.43. The highest BCUT2D eigenvalue weighted by Gasteiger charge is 2.27. The minimum atomic E-state index is -0.470. The molecule has 1 aliphatic heterocycles. The predicted molar refractivity (Wildman–Crippen MR) is 55.3 cm³/mol. The van der Waals surface area contributed by atoms with E-state index in [9.17, 15) is 5.11 Å². The Morgan fingerprint density at radius 1 is 1.77 bits per heavy atom. The summed E-state index contributed by atoms with van der Waals surface area (Å²) >= 11 is 6.58.